The zero-order valence-corrected chi connectivity index (χ0v) is 6.73. The number of aliphatic carboxylic acids is 1. The molecule has 0 heterocycles. The van der Waals surface area contributed by atoms with Crippen LogP contribution < -0.4 is 5.11 Å². The van der Waals surface area contributed by atoms with Crippen LogP contribution in [0, 0.1) is 0 Å². The van der Waals surface area contributed by atoms with Crippen LogP contribution in [0.15, 0.2) is 0 Å². The van der Waals surface area contributed by atoms with Gasteiger partial charge in [0, 0.05) is 5.75 Å². The summed E-state index contributed by atoms with van der Waals surface area (Å²) in [5.74, 6) is -1.33. The van der Waals surface area contributed by atoms with Crippen molar-refractivity contribution in [2.24, 2.45) is 0 Å². The van der Waals surface area contributed by atoms with Gasteiger partial charge < -0.3 is 15.4 Å². The molecule has 0 saturated carbocycles. The zero-order valence-electron chi connectivity index (χ0n) is 3.63. The molecule has 1 N–H and O–H groups in total. The second-order valence-corrected chi connectivity index (χ2v) is 0.846. The van der Waals surface area contributed by atoms with E-state index in [0.717, 1.165) is 0 Å². The van der Waals surface area contributed by atoms with Gasteiger partial charge in [-0.2, -0.15) is 12.6 Å². The standard InChI is InChI=1S/C2H4O2S.Ca.H2O/c3-2(4)1-5;;/h5H,1H2,(H,3,4);;1H2/q;+2;/p-2. The van der Waals surface area contributed by atoms with Crippen molar-refractivity contribution in [3.05, 3.63) is 0 Å². The maximum atomic E-state index is 9.18. The summed E-state index contributed by atoms with van der Waals surface area (Å²) in [4.78, 5) is 9.18. The Labute approximate surface area is 76.8 Å². The first kappa shape index (κ1) is 15.7. The van der Waals surface area contributed by atoms with Crippen LogP contribution in [0.1, 0.15) is 0 Å². The summed E-state index contributed by atoms with van der Waals surface area (Å²) in [6.45, 7) is 0. The predicted octanol–water partition coefficient (Wildman–Crippen LogP) is -1.89. The Hall–Kier alpha value is 1.04. The van der Waals surface area contributed by atoms with Gasteiger partial charge >= 0.3 is 37.7 Å². The Bertz CT molecular complexity index is 48.2. The number of thiol groups is 1. The minimum atomic E-state index is -1.13. The van der Waals surface area contributed by atoms with Gasteiger partial charge in [-0.3, -0.25) is 0 Å². The van der Waals surface area contributed by atoms with Gasteiger partial charge in [0.2, 0.25) is 0 Å². The third-order valence-corrected chi connectivity index (χ3v) is 0.387. The number of carbonyl (C=O) groups excluding carboxylic acids is 1. The topological polar surface area (TPSA) is 70.1 Å². The summed E-state index contributed by atoms with van der Waals surface area (Å²) in [5, 5.41) is 9.18. The predicted molar refractivity (Wildman–Crippen MR) is 26.5 cm³/mol. The molecule has 38 valence electrons. The fourth-order valence-corrected chi connectivity index (χ4v) is 0. The Morgan fingerprint density at radius 1 is 1.71 bits per heavy atom. The smallest absolute Gasteiger partial charge is 0.870 e. The van der Waals surface area contributed by atoms with Gasteiger partial charge in [0.1, 0.15) is 0 Å². The van der Waals surface area contributed by atoms with Crippen molar-refractivity contribution in [3.63, 3.8) is 0 Å². The summed E-state index contributed by atoms with van der Waals surface area (Å²) < 4.78 is 0. The van der Waals surface area contributed by atoms with Gasteiger partial charge in [0.25, 0.3) is 0 Å². The van der Waals surface area contributed by atoms with Crippen molar-refractivity contribution in [1.29, 1.82) is 0 Å². The zero-order chi connectivity index (χ0) is 4.28. The van der Waals surface area contributed by atoms with Crippen LogP contribution in [0.2, 0.25) is 0 Å². The number of hydrogen-bond acceptors (Lipinski definition) is 4. The molecule has 0 aliphatic heterocycles. The monoisotopic (exact) mass is 148 g/mol. The molecule has 0 aromatic carbocycles. The van der Waals surface area contributed by atoms with E-state index in [1.165, 1.54) is 0 Å². The van der Waals surface area contributed by atoms with E-state index >= 15 is 0 Å². The number of carboxylic acids is 1. The number of hydrogen-bond donors (Lipinski definition) is 1. The molecule has 0 unspecified atom stereocenters. The van der Waals surface area contributed by atoms with Crippen LogP contribution in [-0.4, -0.2) is 54.9 Å². The van der Waals surface area contributed by atoms with Crippen LogP contribution >= 0.6 is 12.6 Å². The number of carbonyl (C=O) groups is 1. The molecule has 0 radical (unpaired) electrons. The molecule has 0 aromatic heterocycles. The van der Waals surface area contributed by atoms with Gasteiger partial charge in [-0.05, 0) is 0 Å². The van der Waals surface area contributed by atoms with E-state index in [2.05, 4.69) is 12.6 Å². The van der Waals surface area contributed by atoms with Crippen LogP contribution in [0.3, 0.4) is 0 Å². The molecule has 0 aliphatic carbocycles. The fourth-order valence-electron chi connectivity index (χ4n) is 0. The first-order chi connectivity index (χ1) is 2.27. The van der Waals surface area contributed by atoms with Crippen molar-refractivity contribution in [2.45, 2.75) is 0 Å². The van der Waals surface area contributed by atoms with Gasteiger partial charge in [0.05, 0.1) is 5.97 Å². The van der Waals surface area contributed by atoms with Gasteiger partial charge in [-0.1, -0.05) is 0 Å². The average molecular weight is 148 g/mol. The summed E-state index contributed by atoms with van der Waals surface area (Å²) in [5.41, 5.74) is 0. The molecule has 3 nitrogen and oxygen atoms in total. The molecule has 0 atom stereocenters. The average Bonchev–Trinajstić information content (AvgIpc) is 1.38. The minimum absolute atomic E-state index is 0. The Morgan fingerprint density at radius 3 is 1.86 bits per heavy atom. The van der Waals surface area contributed by atoms with Gasteiger partial charge in [-0.25, -0.2) is 0 Å². The van der Waals surface area contributed by atoms with Crippen molar-refractivity contribution in [3.8, 4) is 0 Å². The molecule has 0 bridgehead atoms. The summed E-state index contributed by atoms with van der Waals surface area (Å²) in [6, 6.07) is 0. The van der Waals surface area contributed by atoms with Crippen LogP contribution in [-0.2, 0) is 4.79 Å². The van der Waals surface area contributed by atoms with Crippen molar-refractivity contribution >= 4 is 56.3 Å². The van der Waals surface area contributed by atoms with E-state index in [4.69, 9.17) is 0 Å². The van der Waals surface area contributed by atoms with Crippen LogP contribution in [0.25, 0.3) is 0 Å². The van der Waals surface area contributed by atoms with Gasteiger partial charge in [0.15, 0.2) is 0 Å². The largest absolute Gasteiger partial charge is 2.00 e. The molecule has 0 spiro atoms. The molecule has 0 saturated heterocycles. The van der Waals surface area contributed by atoms with Crippen LogP contribution in [0.4, 0.5) is 0 Å². The van der Waals surface area contributed by atoms with Gasteiger partial charge in [-0.15, -0.1) is 0 Å². The Balaban J connectivity index is -0.0000000800. The molecule has 0 aliphatic rings. The van der Waals surface area contributed by atoms with E-state index in [0.29, 0.717) is 0 Å². The molecule has 0 fully saturated rings. The normalized spacial score (nSPS) is 5.29. The molecular formula is C2H4CaO3S. The first-order valence-electron chi connectivity index (χ1n) is 1.08. The van der Waals surface area contributed by atoms with Crippen molar-refractivity contribution in [1.82, 2.24) is 0 Å². The van der Waals surface area contributed by atoms with Crippen LogP contribution in [0.5, 0.6) is 0 Å². The first-order valence-corrected chi connectivity index (χ1v) is 1.71. The van der Waals surface area contributed by atoms with Crippen molar-refractivity contribution in [2.75, 3.05) is 5.75 Å². The molecule has 7 heavy (non-hydrogen) atoms. The van der Waals surface area contributed by atoms with E-state index in [1.807, 2.05) is 0 Å². The quantitative estimate of drug-likeness (QED) is 0.349. The Morgan fingerprint density at radius 2 is 1.86 bits per heavy atom. The minimum Gasteiger partial charge on any atom is -0.870 e. The summed E-state index contributed by atoms with van der Waals surface area (Å²) >= 11 is 3.35. The number of rotatable bonds is 1. The summed E-state index contributed by atoms with van der Waals surface area (Å²) in [7, 11) is 0. The van der Waals surface area contributed by atoms with E-state index < -0.39 is 5.97 Å². The molecule has 0 amide bonds. The molecular weight excluding hydrogens is 144 g/mol. The molecule has 0 rings (SSSR count). The molecule has 0 aromatic rings. The fraction of sp³-hybridized carbons (Fsp3) is 0.500. The SMILES string of the molecule is O=C([O-])CS.[Ca+2].[OH-]. The number of carboxylic acid groups (broad SMARTS) is 1. The maximum absolute atomic E-state index is 9.18. The Kier molecular flexibility index (Phi) is 22.7. The third-order valence-electron chi connectivity index (χ3n) is 0.129. The maximum Gasteiger partial charge on any atom is 2.00 e. The third kappa shape index (κ3) is 19.4. The van der Waals surface area contributed by atoms with E-state index in [-0.39, 0.29) is 49.0 Å². The van der Waals surface area contributed by atoms with Crippen molar-refractivity contribution < 1.29 is 15.4 Å². The van der Waals surface area contributed by atoms with E-state index in [9.17, 15) is 9.90 Å². The summed E-state index contributed by atoms with van der Waals surface area (Å²) in [6.07, 6.45) is 0. The molecule has 5 heteroatoms. The second kappa shape index (κ2) is 10.1. The second-order valence-electron chi connectivity index (χ2n) is 0.530. The van der Waals surface area contributed by atoms with E-state index in [1.54, 1.807) is 0 Å².